The fourth-order valence-electron chi connectivity index (χ4n) is 4.17. The van der Waals surface area contributed by atoms with Crippen molar-refractivity contribution in [3.63, 3.8) is 0 Å². The van der Waals surface area contributed by atoms with Gasteiger partial charge in [0.1, 0.15) is 4.75 Å². The fourth-order valence-corrected chi connectivity index (χ4v) is 6.57. The number of nitrogens with zero attached hydrogens (tertiary/aromatic N) is 3. The number of pyridine rings is 1. The first-order chi connectivity index (χ1) is 12.0. The minimum absolute atomic E-state index is 0.0189. The molecule has 3 fully saturated rings. The number of carbonyl (C=O) groups is 1. The summed E-state index contributed by atoms with van der Waals surface area (Å²) >= 11 is 0. The molecule has 1 atom stereocenters. The molecule has 3 aliphatic heterocycles. The van der Waals surface area contributed by atoms with Crippen LogP contribution in [0.15, 0.2) is 24.4 Å². The van der Waals surface area contributed by atoms with Gasteiger partial charge in [0.15, 0.2) is 9.84 Å². The zero-order valence-electron chi connectivity index (χ0n) is 14.1. The van der Waals surface area contributed by atoms with E-state index in [4.69, 9.17) is 4.74 Å². The van der Waals surface area contributed by atoms with Crippen molar-refractivity contribution in [2.24, 2.45) is 5.92 Å². The van der Waals surface area contributed by atoms with Crippen LogP contribution >= 0.6 is 0 Å². The first-order valence-electron chi connectivity index (χ1n) is 8.82. The van der Waals surface area contributed by atoms with E-state index in [-0.39, 0.29) is 17.7 Å². The summed E-state index contributed by atoms with van der Waals surface area (Å²) in [5.74, 6) is 0.586. The van der Waals surface area contributed by atoms with Gasteiger partial charge < -0.3 is 14.5 Å². The highest BCUT2D eigenvalue weighted by Crippen LogP contribution is 2.45. The third kappa shape index (κ3) is 2.76. The molecule has 1 unspecified atom stereocenters. The number of ether oxygens (including phenoxy) is 1. The zero-order valence-corrected chi connectivity index (χ0v) is 15.0. The summed E-state index contributed by atoms with van der Waals surface area (Å²) in [6.07, 6.45) is 4.30. The van der Waals surface area contributed by atoms with Crippen molar-refractivity contribution in [3.8, 4) is 5.88 Å². The lowest BCUT2D eigenvalue weighted by atomic mass is 9.84. The molecule has 3 saturated heterocycles. The summed E-state index contributed by atoms with van der Waals surface area (Å²) in [7, 11) is -3.21. The molecule has 1 aromatic rings. The number of sulfone groups is 1. The van der Waals surface area contributed by atoms with Crippen LogP contribution in [-0.2, 0) is 9.84 Å². The third-order valence-electron chi connectivity index (χ3n) is 5.73. The predicted octanol–water partition coefficient (Wildman–Crippen LogP) is 1.17. The number of hydrogen-bond acceptors (Lipinski definition) is 5. The van der Waals surface area contributed by atoms with Gasteiger partial charge in [-0.25, -0.2) is 18.2 Å². The van der Waals surface area contributed by atoms with Crippen LogP contribution in [0.1, 0.15) is 19.3 Å². The Hall–Kier alpha value is -1.83. The van der Waals surface area contributed by atoms with Crippen molar-refractivity contribution in [2.75, 3.05) is 38.5 Å². The van der Waals surface area contributed by atoms with E-state index in [1.807, 2.05) is 17.0 Å². The first-order valence-corrected chi connectivity index (χ1v) is 10.5. The van der Waals surface area contributed by atoms with Crippen molar-refractivity contribution in [1.82, 2.24) is 14.8 Å². The molecular formula is C17H23N3O4S. The molecule has 4 rings (SSSR count). The molecule has 0 aliphatic carbocycles. The van der Waals surface area contributed by atoms with Gasteiger partial charge in [0.05, 0.1) is 12.4 Å². The summed E-state index contributed by atoms with van der Waals surface area (Å²) in [5, 5.41) is 0. The van der Waals surface area contributed by atoms with E-state index < -0.39 is 14.6 Å². The van der Waals surface area contributed by atoms with Crippen molar-refractivity contribution in [1.29, 1.82) is 0 Å². The standard InChI is InChI=1S/C17H23N3O4S/c21-16(19-8-3-4-9-19)20-12-17(13-20)14(6-10-25(17,22)23)11-24-15-5-1-2-7-18-15/h1-2,5,7,14H,3-4,6,8-13H2. The maximum Gasteiger partial charge on any atom is 0.320 e. The summed E-state index contributed by atoms with van der Waals surface area (Å²) in [6.45, 7) is 2.46. The normalized spacial score (nSPS) is 26.6. The molecule has 4 heterocycles. The van der Waals surface area contributed by atoms with Crippen molar-refractivity contribution >= 4 is 15.9 Å². The molecule has 0 aromatic carbocycles. The quantitative estimate of drug-likeness (QED) is 0.803. The Morgan fingerprint density at radius 2 is 2.00 bits per heavy atom. The first kappa shape index (κ1) is 16.6. The number of rotatable bonds is 3. The van der Waals surface area contributed by atoms with Crippen molar-refractivity contribution < 1.29 is 17.9 Å². The van der Waals surface area contributed by atoms with Crippen LogP contribution in [0, 0.1) is 5.92 Å². The van der Waals surface area contributed by atoms with Gasteiger partial charge in [0.25, 0.3) is 0 Å². The molecule has 136 valence electrons. The second-order valence-electron chi connectivity index (χ2n) is 7.18. The summed E-state index contributed by atoms with van der Waals surface area (Å²) in [5.41, 5.74) is 0. The Morgan fingerprint density at radius 3 is 2.68 bits per heavy atom. The maximum absolute atomic E-state index is 12.7. The van der Waals surface area contributed by atoms with Gasteiger partial charge in [-0.3, -0.25) is 0 Å². The summed E-state index contributed by atoms with van der Waals surface area (Å²) < 4.78 is 30.2. The lowest BCUT2D eigenvalue weighted by Gasteiger charge is -2.50. The molecule has 25 heavy (non-hydrogen) atoms. The van der Waals surface area contributed by atoms with Gasteiger partial charge in [0, 0.05) is 44.4 Å². The van der Waals surface area contributed by atoms with Crippen LogP contribution in [0.4, 0.5) is 4.79 Å². The maximum atomic E-state index is 12.7. The topological polar surface area (TPSA) is 79.8 Å². The SMILES string of the molecule is O=C(N1CCCC1)N1CC2(C1)C(COc1ccccn1)CCS2(=O)=O. The molecule has 1 aromatic heterocycles. The van der Waals surface area contributed by atoms with E-state index in [9.17, 15) is 13.2 Å². The average Bonchev–Trinajstić information content (AvgIpc) is 3.18. The van der Waals surface area contributed by atoms with Crippen LogP contribution < -0.4 is 4.74 Å². The van der Waals surface area contributed by atoms with Crippen LogP contribution in [-0.4, -0.2) is 72.5 Å². The Bertz CT molecular complexity index is 740. The molecule has 0 N–H and O–H groups in total. The lowest BCUT2D eigenvalue weighted by molar-refractivity contribution is 0.0701. The van der Waals surface area contributed by atoms with E-state index in [2.05, 4.69) is 4.98 Å². The number of carbonyl (C=O) groups excluding carboxylic acids is 1. The Kier molecular flexibility index (Phi) is 4.10. The largest absolute Gasteiger partial charge is 0.477 e. The van der Waals surface area contributed by atoms with E-state index in [1.54, 1.807) is 17.2 Å². The molecule has 0 saturated carbocycles. The monoisotopic (exact) mass is 365 g/mol. The molecule has 7 nitrogen and oxygen atoms in total. The highest BCUT2D eigenvalue weighted by atomic mass is 32.2. The highest BCUT2D eigenvalue weighted by Gasteiger charge is 2.63. The lowest BCUT2D eigenvalue weighted by Crippen LogP contribution is -2.70. The van der Waals surface area contributed by atoms with Crippen LogP contribution in [0.5, 0.6) is 5.88 Å². The van der Waals surface area contributed by atoms with Crippen molar-refractivity contribution in [3.05, 3.63) is 24.4 Å². The minimum atomic E-state index is -3.21. The number of amides is 2. The molecule has 8 heteroatoms. The molecule has 3 aliphatic rings. The minimum Gasteiger partial charge on any atom is -0.477 e. The predicted molar refractivity (Wildman–Crippen MR) is 92.1 cm³/mol. The van der Waals surface area contributed by atoms with Gasteiger partial charge in [-0.15, -0.1) is 0 Å². The zero-order chi connectivity index (χ0) is 17.5. The highest BCUT2D eigenvalue weighted by molar-refractivity contribution is 7.93. The molecule has 1 spiro atoms. The summed E-state index contributed by atoms with van der Waals surface area (Å²) in [6, 6.07) is 5.39. The van der Waals surface area contributed by atoms with Crippen molar-refractivity contribution in [2.45, 2.75) is 24.0 Å². The Morgan fingerprint density at radius 1 is 1.24 bits per heavy atom. The Balaban J connectivity index is 1.44. The second kappa shape index (κ2) is 6.16. The molecule has 0 radical (unpaired) electrons. The Labute approximate surface area is 147 Å². The van der Waals surface area contributed by atoms with Gasteiger partial charge in [-0.1, -0.05) is 6.07 Å². The number of likely N-dealkylation sites (tertiary alicyclic amines) is 2. The summed E-state index contributed by atoms with van der Waals surface area (Å²) in [4.78, 5) is 20.1. The molecule has 0 bridgehead atoms. The van der Waals surface area contributed by atoms with Gasteiger partial charge in [0.2, 0.25) is 5.88 Å². The van der Waals surface area contributed by atoms with Crippen LogP contribution in [0.25, 0.3) is 0 Å². The van der Waals surface area contributed by atoms with Gasteiger partial charge >= 0.3 is 6.03 Å². The molecule has 2 amide bonds. The van der Waals surface area contributed by atoms with Crippen LogP contribution in [0.3, 0.4) is 0 Å². The number of aromatic nitrogens is 1. The second-order valence-corrected chi connectivity index (χ2v) is 9.63. The fraction of sp³-hybridized carbons (Fsp3) is 0.647. The number of urea groups is 1. The smallest absolute Gasteiger partial charge is 0.320 e. The van der Waals surface area contributed by atoms with E-state index in [1.165, 1.54) is 0 Å². The van der Waals surface area contributed by atoms with Gasteiger partial charge in [-0.2, -0.15) is 0 Å². The number of hydrogen-bond donors (Lipinski definition) is 0. The van der Waals surface area contributed by atoms with E-state index in [0.717, 1.165) is 25.9 Å². The third-order valence-corrected chi connectivity index (χ3v) is 8.34. The average molecular weight is 365 g/mol. The van der Waals surface area contributed by atoms with Gasteiger partial charge in [-0.05, 0) is 25.3 Å². The van der Waals surface area contributed by atoms with Crippen LogP contribution in [0.2, 0.25) is 0 Å². The van der Waals surface area contributed by atoms with E-state index >= 15 is 0 Å². The van der Waals surface area contributed by atoms with E-state index in [0.29, 0.717) is 32.0 Å². The molecular weight excluding hydrogens is 342 g/mol.